The van der Waals surface area contributed by atoms with Gasteiger partial charge in [0.25, 0.3) is 0 Å². The topological polar surface area (TPSA) is 36.9 Å². The van der Waals surface area contributed by atoms with Gasteiger partial charge < -0.3 is 0 Å². The molecule has 11 aromatic rings. The van der Waals surface area contributed by atoms with E-state index in [4.69, 9.17) is 16.6 Å². The Hall–Kier alpha value is -7.33. The van der Waals surface area contributed by atoms with Gasteiger partial charge in [-0.05, 0) is 28.2 Å². The SMILES string of the molecule is [2H]c1c([2H])c([2H])c(-c2ccc3c(c2)c2ccc(Oc4[c-]c(-n5[c](=[Pt])n(-c6c(-c7ccccc7)cc7c(c6-c6ccccc6)CCCC7)c6ccccc65)ccc4)[c-]c2n3-c2cc(C(C)(C)C)ccn2)c([2H])c1[2H]. The number of para-hydroxylation sites is 2. The van der Waals surface area contributed by atoms with Crippen LogP contribution in [0.3, 0.4) is 0 Å². The van der Waals surface area contributed by atoms with Crippen molar-refractivity contribution in [2.24, 2.45) is 0 Å². The summed E-state index contributed by atoms with van der Waals surface area (Å²) < 4.78 is 57.0. The van der Waals surface area contributed by atoms with Crippen LogP contribution in [-0.2, 0) is 37.6 Å². The summed E-state index contributed by atoms with van der Waals surface area (Å²) in [7, 11) is 0. The van der Waals surface area contributed by atoms with Gasteiger partial charge in [-0.1, -0.05) is 57.0 Å². The molecule has 0 unspecified atom stereocenters. The fourth-order valence-corrected chi connectivity index (χ4v) is 11.0. The van der Waals surface area contributed by atoms with E-state index in [2.05, 4.69) is 169 Å². The fraction of sp³-hybridized carbons (Fsp3) is 0.129. The molecule has 334 valence electrons. The van der Waals surface area contributed by atoms with Crippen LogP contribution in [-0.4, -0.2) is 18.7 Å². The Labute approximate surface area is 415 Å². The van der Waals surface area contributed by atoms with Gasteiger partial charge in [0.05, 0.1) is 6.85 Å². The molecule has 0 saturated carbocycles. The molecule has 0 amide bonds. The van der Waals surface area contributed by atoms with Crippen molar-refractivity contribution in [3.05, 3.63) is 221 Å². The summed E-state index contributed by atoms with van der Waals surface area (Å²) in [5.74, 6) is 1.67. The molecule has 5 nitrogen and oxygen atoms in total. The molecule has 12 rings (SSSR count). The van der Waals surface area contributed by atoms with Crippen LogP contribution in [0.4, 0.5) is 0 Å². The van der Waals surface area contributed by atoms with E-state index in [0.29, 0.717) is 28.4 Å². The van der Waals surface area contributed by atoms with E-state index in [9.17, 15) is 0 Å². The second-order valence-electron chi connectivity index (χ2n) is 18.4. The first kappa shape index (κ1) is 36.7. The molecule has 0 aliphatic heterocycles. The maximum absolute atomic E-state index is 8.76. The van der Waals surface area contributed by atoms with Crippen LogP contribution in [0, 0.1) is 15.9 Å². The van der Waals surface area contributed by atoms with Gasteiger partial charge in [0.1, 0.15) is 0 Å². The molecule has 1 aliphatic rings. The van der Waals surface area contributed by atoms with Crippen LogP contribution in [0.1, 0.15) is 57.2 Å². The number of hydrogen-bond acceptors (Lipinski definition) is 2. The van der Waals surface area contributed by atoms with Crippen LogP contribution in [0.15, 0.2) is 188 Å². The molecular formula is C62H48N4OPt-2. The van der Waals surface area contributed by atoms with E-state index in [1.165, 1.54) is 39.8 Å². The third kappa shape index (κ3) is 7.37. The normalized spacial score (nSPS) is 13.8. The third-order valence-corrected chi connectivity index (χ3v) is 14.2. The van der Waals surface area contributed by atoms with Gasteiger partial charge in [-0.15, -0.1) is 0 Å². The van der Waals surface area contributed by atoms with Crippen LogP contribution in [0.25, 0.3) is 83.4 Å². The quantitative estimate of drug-likeness (QED) is 0.142. The molecule has 3 aromatic heterocycles. The zero-order chi connectivity index (χ0) is 50.3. The van der Waals surface area contributed by atoms with Gasteiger partial charge in [0.2, 0.25) is 0 Å². The third-order valence-electron chi connectivity index (χ3n) is 13.2. The van der Waals surface area contributed by atoms with Gasteiger partial charge in [-0.3, -0.25) is 0 Å². The predicted octanol–water partition coefficient (Wildman–Crippen LogP) is 15.6. The Morgan fingerprint density at radius 1 is 0.603 bits per heavy atom. The summed E-state index contributed by atoms with van der Waals surface area (Å²) in [6.45, 7) is 6.51. The van der Waals surface area contributed by atoms with E-state index in [1.54, 1.807) is 0 Å². The Bertz CT molecular complexity index is 4050. The van der Waals surface area contributed by atoms with Gasteiger partial charge in [0.15, 0.2) is 0 Å². The van der Waals surface area contributed by atoms with Gasteiger partial charge >= 0.3 is 319 Å². The minimum absolute atomic E-state index is 0.146. The zero-order valence-corrected chi connectivity index (χ0v) is 40.1. The van der Waals surface area contributed by atoms with Crippen molar-refractivity contribution in [2.45, 2.75) is 51.9 Å². The Kier molecular flexibility index (Phi) is 9.23. The summed E-state index contributed by atoms with van der Waals surface area (Å²) in [5, 5.41) is 1.65. The summed E-state index contributed by atoms with van der Waals surface area (Å²) in [6, 6.07) is 57.9. The van der Waals surface area contributed by atoms with E-state index < -0.39 is 6.04 Å². The number of aromatic nitrogens is 4. The number of fused-ring (bicyclic) bond motifs is 5. The van der Waals surface area contributed by atoms with Crippen LogP contribution < -0.4 is 4.74 Å². The van der Waals surface area contributed by atoms with Crippen molar-refractivity contribution in [1.82, 2.24) is 18.7 Å². The van der Waals surface area contributed by atoms with Crippen molar-refractivity contribution in [1.29, 1.82) is 0 Å². The number of pyridine rings is 1. The minimum Gasteiger partial charge on any atom is -0.0617 e. The average molecular weight is 1070 g/mol. The molecule has 0 saturated heterocycles. The Balaban J connectivity index is 1.01. The number of hydrogen-bond donors (Lipinski definition) is 0. The Morgan fingerprint density at radius 3 is 2.10 bits per heavy atom. The summed E-state index contributed by atoms with van der Waals surface area (Å²) in [4.78, 5) is 4.88. The smallest absolute Gasteiger partial charge is 0.0617 e. The van der Waals surface area contributed by atoms with E-state index in [0.717, 1.165) is 67.3 Å². The monoisotopic (exact) mass is 1060 g/mol. The summed E-state index contributed by atoms with van der Waals surface area (Å²) in [5.41, 5.74) is 14.9. The Morgan fingerprint density at radius 2 is 1.32 bits per heavy atom. The summed E-state index contributed by atoms with van der Waals surface area (Å²) >= 11 is 2.49. The molecule has 1 aliphatic carbocycles. The van der Waals surface area contributed by atoms with Crippen molar-refractivity contribution >= 4 is 32.8 Å². The summed E-state index contributed by atoms with van der Waals surface area (Å²) in [6.07, 6.45) is 6.24. The minimum atomic E-state index is -0.425. The first-order valence-electron chi connectivity index (χ1n) is 25.6. The molecule has 0 radical (unpaired) electrons. The van der Waals surface area contributed by atoms with Crippen LogP contribution in [0.5, 0.6) is 11.5 Å². The van der Waals surface area contributed by atoms with E-state index in [-0.39, 0.29) is 35.1 Å². The molecule has 0 spiro atoms. The van der Waals surface area contributed by atoms with E-state index in [1.807, 2.05) is 54.7 Å². The zero-order valence-electron chi connectivity index (χ0n) is 42.9. The number of rotatable bonds is 8. The van der Waals surface area contributed by atoms with Crippen molar-refractivity contribution in [3.63, 3.8) is 0 Å². The number of aryl methyl sites for hydroxylation is 1. The van der Waals surface area contributed by atoms with Gasteiger partial charge in [0, 0.05) is 6.20 Å². The molecule has 0 fully saturated rings. The molecule has 6 heteroatoms. The van der Waals surface area contributed by atoms with Crippen molar-refractivity contribution < 1.29 is 30.9 Å². The van der Waals surface area contributed by atoms with Crippen molar-refractivity contribution in [2.75, 3.05) is 0 Å². The molecule has 0 N–H and O–H groups in total. The predicted molar refractivity (Wildman–Crippen MR) is 274 cm³/mol. The maximum atomic E-state index is 8.76. The van der Waals surface area contributed by atoms with Crippen molar-refractivity contribution in [3.8, 4) is 62.1 Å². The van der Waals surface area contributed by atoms with Crippen LogP contribution in [0.2, 0.25) is 0 Å². The molecule has 3 heterocycles. The molecule has 0 bridgehead atoms. The standard InChI is InChI=1S/C62H48N4O.Pt/c1-62(2,3)47-34-35-63-59(38-47)66-55-33-30-45(42-18-7-4-8-19-42)36-54(55)52-32-31-50(40-58(52)66)67-49-26-17-25-48(39-49)64-41-65(57-29-16-15-28-56(57)64)61-53(43-20-9-5-10-21-43)37-46-24-13-14-27-51(46)60(61)44-22-11-6-12-23-44;/h4-12,15-23,25-26,28-38H,13-14,24,27H2,1-3H3;/q-2;/i4D,7D,8D,18D,19D;. The number of benzene rings is 8. The van der Waals surface area contributed by atoms with Crippen LogP contribution >= 0.6 is 0 Å². The molecular weight excluding hydrogens is 1010 g/mol. The first-order valence-corrected chi connectivity index (χ1v) is 24.2. The molecule has 8 aromatic carbocycles. The first-order chi connectivity index (χ1) is 35.4. The average Bonchev–Trinajstić information content (AvgIpc) is 3.90. The number of ether oxygens (including phenoxy) is 1. The molecule has 68 heavy (non-hydrogen) atoms. The van der Waals surface area contributed by atoms with Gasteiger partial charge in [-0.2, -0.15) is 0 Å². The number of nitrogens with zero attached hydrogens (tertiary/aromatic N) is 4. The van der Waals surface area contributed by atoms with E-state index >= 15 is 0 Å². The second-order valence-corrected chi connectivity index (χ2v) is 19.4. The molecule has 0 atom stereocenters. The fourth-order valence-electron chi connectivity index (χ4n) is 9.96. The van der Waals surface area contributed by atoms with Gasteiger partial charge in [-0.25, -0.2) is 0 Å². The second kappa shape index (κ2) is 17.1. The number of imidazole rings is 1.